The summed E-state index contributed by atoms with van der Waals surface area (Å²) in [7, 11) is 3.63. The van der Waals surface area contributed by atoms with Crippen LogP contribution in [0.15, 0.2) is 66.9 Å². The molecule has 2 heterocycles. The van der Waals surface area contributed by atoms with Crippen LogP contribution in [-0.2, 0) is 45.1 Å². The van der Waals surface area contributed by atoms with Gasteiger partial charge in [-0.3, -0.25) is 19.2 Å². The summed E-state index contributed by atoms with van der Waals surface area (Å²) in [6.07, 6.45) is 3.48. The number of aryl methyl sites for hydroxylation is 1. The predicted octanol–water partition coefficient (Wildman–Crippen LogP) is 3.75. The van der Waals surface area contributed by atoms with Crippen molar-refractivity contribution in [3.8, 4) is 0 Å². The van der Waals surface area contributed by atoms with E-state index in [0.717, 1.165) is 28.7 Å². The Morgan fingerprint density at radius 3 is 2.25 bits per heavy atom. The minimum atomic E-state index is -0.727. The summed E-state index contributed by atoms with van der Waals surface area (Å²) in [6.45, 7) is 7.50. The molecule has 0 spiro atoms. The number of likely N-dealkylation sites (N-methyl/N-ethyl adjacent to an activating group) is 1. The summed E-state index contributed by atoms with van der Waals surface area (Å²) >= 11 is 0. The summed E-state index contributed by atoms with van der Waals surface area (Å²) in [5.74, 6) is -0.151. The van der Waals surface area contributed by atoms with Crippen molar-refractivity contribution in [1.29, 1.82) is 0 Å². The summed E-state index contributed by atoms with van der Waals surface area (Å²) in [5.41, 5.74) is 3.64. The highest BCUT2D eigenvalue weighted by atomic mass is 16.2. The molecule has 48 heavy (non-hydrogen) atoms. The number of amides is 4. The van der Waals surface area contributed by atoms with Crippen LogP contribution < -0.4 is 21.3 Å². The molecule has 0 bridgehead atoms. The number of nitrogens with zero attached hydrogens (tertiary/aromatic N) is 3. The Kier molecular flexibility index (Phi) is 12.8. The van der Waals surface area contributed by atoms with Crippen LogP contribution in [0.4, 0.5) is 11.5 Å². The number of carbonyl (C=O) groups excluding carboxylic acids is 4. The molecule has 1 atom stereocenters. The van der Waals surface area contributed by atoms with Crippen molar-refractivity contribution in [2.45, 2.75) is 65.6 Å². The van der Waals surface area contributed by atoms with Gasteiger partial charge in [-0.05, 0) is 86.8 Å². The van der Waals surface area contributed by atoms with Gasteiger partial charge in [0.15, 0.2) is 0 Å². The van der Waals surface area contributed by atoms with Crippen molar-refractivity contribution in [2.75, 3.05) is 44.4 Å². The van der Waals surface area contributed by atoms with Crippen molar-refractivity contribution >= 4 is 35.1 Å². The van der Waals surface area contributed by atoms with E-state index in [9.17, 15) is 19.2 Å². The lowest BCUT2D eigenvalue weighted by molar-refractivity contribution is -0.149. The number of anilines is 2. The van der Waals surface area contributed by atoms with Gasteiger partial charge in [-0.1, -0.05) is 50.2 Å². The average Bonchev–Trinajstić information content (AvgIpc) is 3.08. The van der Waals surface area contributed by atoms with Crippen molar-refractivity contribution in [1.82, 2.24) is 25.4 Å². The second-order valence-electron chi connectivity index (χ2n) is 12.7. The zero-order valence-electron chi connectivity index (χ0n) is 28.8. The first-order valence-electron chi connectivity index (χ1n) is 16.7. The highest BCUT2D eigenvalue weighted by Gasteiger charge is 2.41. The van der Waals surface area contributed by atoms with Gasteiger partial charge in [-0.15, -0.1) is 0 Å². The Hall–Kier alpha value is -4.61. The van der Waals surface area contributed by atoms with Gasteiger partial charge in [0.2, 0.25) is 23.6 Å². The molecular weight excluding hydrogens is 606 g/mol. The summed E-state index contributed by atoms with van der Waals surface area (Å²) in [6, 6.07) is 18.5. The normalized spacial score (nSPS) is 14.6. The summed E-state index contributed by atoms with van der Waals surface area (Å²) in [5, 5.41) is 12.0. The number of hydrogen-bond donors (Lipinski definition) is 4. The van der Waals surface area contributed by atoms with Gasteiger partial charge in [-0.2, -0.15) is 0 Å². The van der Waals surface area contributed by atoms with Crippen LogP contribution in [-0.4, -0.2) is 78.2 Å². The number of rotatable bonds is 14. The van der Waals surface area contributed by atoms with Crippen molar-refractivity contribution < 1.29 is 19.2 Å². The molecule has 3 aromatic rings. The number of pyridine rings is 1. The zero-order chi connectivity index (χ0) is 34.7. The lowest BCUT2D eigenvalue weighted by atomic mass is 9.78. The first kappa shape index (κ1) is 36.2. The maximum atomic E-state index is 14.3. The van der Waals surface area contributed by atoms with E-state index in [4.69, 9.17) is 0 Å². The van der Waals surface area contributed by atoms with E-state index in [-0.39, 0.29) is 49.2 Å². The Morgan fingerprint density at radius 1 is 0.896 bits per heavy atom. The second kappa shape index (κ2) is 17.0. The first-order valence-corrected chi connectivity index (χ1v) is 16.7. The standard InChI is InChI=1S/C37H49N7O4/c1-6-27-14-15-31(21-30(27)22-33(45)42-32-13-9-10-18-40-32)41-34(46)25-44(24-29-12-8-7-11-28(29)23-38-4)36(48)37(3)16-19-43(20-17-37)35(47)26(2)39-5/h7-15,18,21,26,38-39H,6,16-17,19-20,22-25H2,1-5H3,(H,41,46)(H,40,42,45). The van der Waals surface area contributed by atoms with Crippen molar-refractivity contribution in [3.63, 3.8) is 0 Å². The SMILES string of the molecule is CCc1ccc(NC(=O)CN(Cc2ccccc2CNC)C(=O)C2(C)CCN(C(=O)C(C)NC)CC2)cc1CC(=O)Nc1ccccn1. The van der Waals surface area contributed by atoms with E-state index in [0.29, 0.717) is 44.0 Å². The fourth-order valence-corrected chi connectivity index (χ4v) is 6.08. The van der Waals surface area contributed by atoms with E-state index in [1.54, 1.807) is 36.3 Å². The van der Waals surface area contributed by atoms with E-state index in [1.807, 2.05) is 75.2 Å². The number of hydrogen-bond acceptors (Lipinski definition) is 7. The smallest absolute Gasteiger partial charge is 0.244 e. The van der Waals surface area contributed by atoms with E-state index in [1.165, 1.54) is 0 Å². The number of carbonyl (C=O) groups is 4. The van der Waals surface area contributed by atoms with Gasteiger partial charge < -0.3 is 31.1 Å². The molecule has 0 aliphatic carbocycles. The number of benzene rings is 2. The van der Waals surface area contributed by atoms with Crippen LogP contribution in [0.3, 0.4) is 0 Å². The van der Waals surface area contributed by atoms with E-state index in [2.05, 4.69) is 26.3 Å². The number of aromatic nitrogens is 1. The minimum absolute atomic E-state index is 0.0203. The molecule has 2 aromatic carbocycles. The van der Waals surface area contributed by atoms with Gasteiger partial charge in [0, 0.05) is 43.5 Å². The predicted molar refractivity (Wildman–Crippen MR) is 188 cm³/mol. The quantitative estimate of drug-likeness (QED) is 0.208. The van der Waals surface area contributed by atoms with Crippen molar-refractivity contribution in [3.05, 3.63) is 89.1 Å². The number of piperidine rings is 1. The fourth-order valence-electron chi connectivity index (χ4n) is 6.08. The molecule has 1 saturated heterocycles. The second-order valence-corrected chi connectivity index (χ2v) is 12.7. The van der Waals surface area contributed by atoms with Gasteiger partial charge >= 0.3 is 0 Å². The van der Waals surface area contributed by atoms with Crippen LogP contribution in [0.2, 0.25) is 0 Å². The Bertz CT molecular complexity index is 1570. The molecule has 0 saturated carbocycles. The van der Waals surface area contributed by atoms with E-state index >= 15 is 0 Å². The minimum Gasteiger partial charge on any atom is -0.341 e. The topological polar surface area (TPSA) is 136 Å². The third-order valence-electron chi connectivity index (χ3n) is 9.12. The lowest BCUT2D eigenvalue weighted by Crippen LogP contribution is -2.53. The Morgan fingerprint density at radius 2 is 1.60 bits per heavy atom. The average molecular weight is 656 g/mol. The van der Waals surface area contributed by atoms with Crippen molar-refractivity contribution in [2.24, 2.45) is 5.41 Å². The third kappa shape index (κ3) is 9.48. The first-order chi connectivity index (χ1) is 23.1. The van der Waals surface area contributed by atoms with Crippen LogP contribution in [0.25, 0.3) is 0 Å². The third-order valence-corrected chi connectivity index (χ3v) is 9.12. The molecule has 0 radical (unpaired) electrons. The molecule has 256 valence electrons. The Balaban J connectivity index is 1.51. The maximum Gasteiger partial charge on any atom is 0.244 e. The zero-order valence-corrected chi connectivity index (χ0v) is 28.8. The fraction of sp³-hybridized carbons (Fsp3) is 0.432. The molecule has 1 aliphatic rings. The lowest BCUT2D eigenvalue weighted by Gasteiger charge is -2.41. The molecule has 11 heteroatoms. The Labute approximate surface area is 283 Å². The number of nitrogens with one attached hydrogen (secondary N) is 4. The molecule has 4 N–H and O–H groups in total. The molecule has 1 aliphatic heterocycles. The van der Waals surface area contributed by atoms with Gasteiger partial charge in [0.25, 0.3) is 0 Å². The highest BCUT2D eigenvalue weighted by Crippen LogP contribution is 2.34. The molecule has 1 fully saturated rings. The van der Waals surface area contributed by atoms with Gasteiger partial charge in [0.05, 0.1) is 12.5 Å². The largest absolute Gasteiger partial charge is 0.341 e. The molecule has 1 unspecified atom stereocenters. The van der Waals surface area contributed by atoms with Gasteiger partial charge in [0.1, 0.15) is 12.4 Å². The van der Waals surface area contributed by atoms with Crippen LogP contribution in [0.1, 0.15) is 55.9 Å². The molecule has 1 aromatic heterocycles. The van der Waals surface area contributed by atoms with Crippen LogP contribution in [0, 0.1) is 5.41 Å². The highest BCUT2D eigenvalue weighted by molar-refractivity contribution is 5.96. The van der Waals surface area contributed by atoms with Gasteiger partial charge in [-0.25, -0.2) is 4.98 Å². The summed E-state index contributed by atoms with van der Waals surface area (Å²) in [4.78, 5) is 61.2. The van der Waals surface area contributed by atoms with E-state index < -0.39 is 5.41 Å². The maximum absolute atomic E-state index is 14.3. The van der Waals surface area contributed by atoms with Crippen LogP contribution in [0.5, 0.6) is 0 Å². The molecular formula is C37H49N7O4. The molecule has 4 amide bonds. The monoisotopic (exact) mass is 655 g/mol. The summed E-state index contributed by atoms with van der Waals surface area (Å²) < 4.78 is 0. The number of likely N-dealkylation sites (tertiary alicyclic amines) is 1. The molecule has 11 nitrogen and oxygen atoms in total. The molecule has 4 rings (SSSR count). The van der Waals surface area contributed by atoms with Crippen LogP contribution >= 0.6 is 0 Å².